The van der Waals surface area contributed by atoms with Crippen molar-refractivity contribution >= 4 is 48.5 Å². The lowest BCUT2D eigenvalue weighted by Gasteiger charge is -2.31. The highest BCUT2D eigenvalue weighted by molar-refractivity contribution is 5.75. The predicted molar refractivity (Wildman–Crippen MR) is 417 cm³/mol. The number of ether oxygens (including phenoxy) is 8. The van der Waals surface area contributed by atoms with Crippen LogP contribution in [0.25, 0.3) is 0 Å². The van der Waals surface area contributed by atoms with Gasteiger partial charge in [-0.15, -0.1) is 0 Å². The van der Waals surface area contributed by atoms with Crippen LogP contribution in [0.3, 0.4) is 0 Å². The summed E-state index contributed by atoms with van der Waals surface area (Å²) >= 11 is 0. The van der Waals surface area contributed by atoms with Gasteiger partial charge in [-0.3, -0.25) is 9.59 Å². The Balaban J connectivity index is 0.830. The fourth-order valence-electron chi connectivity index (χ4n) is 12.5. The first-order valence-corrected chi connectivity index (χ1v) is 36.8. The van der Waals surface area contributed by atoms with Crippen molar-refractivity contribution in [3.63, 3.8) is 0 Å². The number of carboxylic acid groups (broad SMARTS) is 2. The number of aryl methyl sites for hydroxylation is 1. The Hall–Kier alpha value is -11.0. The van der Waals surface area contributed by atoms with Crippen molar-refractivity contribution in [2.24, 2.45) is 0 Å². The van der Waals surface area contributed by atoms with E-state index in [0.29, 0.717) is 36.5 Å². The second kappa shape index (κ2) is 37.4. The van der Waals surface area contributed by atoms with Gasteiger partial charge in [-0.05, 0) is 201 Å². The first-order valence-electron chi connectivity index (χ1n) is 36.8. The molecule has 2 atom stereocenters. The van der Waals surface area contributed by atoms with E-state index in [4.69, 9.17) is 37.9 Å². The molecule has 7 rings (SSSR count). The van der Waals surface area contributed by atoms with Gasteiger partial charge in [0.25, 0.3) is 0 Å². The highest BCUT2D eigenvalue weighted by Crippen LogP contribution is 2.41. The molecule has 0 aliphatic heterocycles. The largest absolute Gasteiger partial charge is 0.481 e. The molecule has 0 bridgehead atoms. The fraction of sp³-hybridized carbons (Fsp3) is 0.419. The highest BCUT2D eigenvalue weighted by atomic mass is 16.6. The van der Waals surface area contributed by atoms with Crippen molar-refractivity contribution in [2.45, 2.75) is 187 Å². The van der Waals surface area contributed by atoms with Crippen molar-refractivity contribution < 1.29 is 86.5 Å². The topological polar surface area (TPSA) is 323 Å². The third-order valence-electron chi connectivity index (χ3n) is 19.6. The molecule has 0 radical (unpaired) electrons. The summed E-state index contributed by atoms with van der Waals surface area (Å²) in [5.41, 5.74) is 1.93. The molecular weight excluding hydrogens is 1400 g/mol. The van der Waals surface area contributed by atoms with Crippen molar-refractivity contribution in [1.29, 1.82) is 0 Å². The van der Waals surface area contributed by atoms with Gasteiger partial charge in [0.2, 0.25) is 0 Å². The molecule has 7 aromatic rings. The van der Waals surface area contributed by atoms with Crippen LogP contribution in [0.1, 0.15) is 197 Å². The molecule has 0 heterocycles. The zero-order valence-electron chi connectivity index (χ0n) is 66.1. The van der Waals surface area contributed by atoms with Gasteiger partial charge in [0.1, 0.15) is 37.1 Å². The Kier molecular flexibility index (Phi) is 29.3. The Morgan fingerprint density at radius 2 is 0.527 bits per heavy atom. The normalized spacial score (nSPS) is 13.0. The van der Waals surface area contributed by atoms with E-state index in [1.165, 1.54) is 0 Å². The summed E-state index contributed by atoms with van der Waals surface area (Å²) in [6.45, 7) is 30.7. The number of benzene rings is 7. The summed E-state index contributed by atoms with van der Waals surface area (Å²) in [7, 11) is 0. The van der Waals surface area contributed by atoms with E-state index >= 15 is 0 Å². The minimum absolute atomic E-state index is 0.0137. The van der Waals surface area contributed by atoms with Gasteiger partial charge in [0.05, 0.1) is 53.1 Å². The molecule has 24 nitrogen and oxygen atoms in total. The number of alkyl carbamates (subject to hydrolysis) is 3. The Morgan fingerprint density at radius 3 is 0.764 bits per heavy atom. The second-order valence-corrected chi connectivity index (χ2v) is 30.9. The summed E-state index contributed by atoms with van der Waals surface area (Å²) in [4.78, 5) is 103. The zero-order valence-corrected chi connectivity index (χ0v) is 66.1. The summed E-state index contributed by atoms with van der Waals surface area (Å²) < 4.78 is 44.4. The summed E-state index contributed by atoms with van der Waals surface area (Å²) in [5, 5.41) is 36.8. The summed E-state index contributed by atoms with van der Waals surface area (Å²) in [5.74, 6) is -1.08. The lowest BCUT2D eigenvalue weighted by Crippen LogP contribution is -2.44. The van der Waals surface area contributed by atoms with Gasteiger partial charge < -0.3 is 80.0 Å². The molecule has 110 heavy (non-hydrogen) atoms. The molecule has 0 saturated carbocycles. The standard InChI is InChI=1S/C86H108N6O18/c1-17-47-103-48-51-105-73(97)87-79(3,4)62-21-18-24-65(54-62)82(9,10)91-77(101)109-69-39-33-60(34-40-69)86(16,46-44-72(95)96)61-35-41-70(42-36-61)110-78(102)92-84(13,14)67-26-20-23-64(56-67)81(7,8)89-75(99)107-53-50-104-49-52-106-74(98)88-80(5,6)63-22-19-25-66(55-63)83(11,12)90-76(100)108-68-37-31-59(32-38-68)85(15,45-43-71(93)94)58-29-27-57(2)28-30-58/h18-42,54-56H,17,43-53H2,1-16H3,(H,87,97)(H,88,98)(H,89,99)(H,90,100)(H,91,101)(H,92,102)(H,93,94)(H,95,96). The van der Waals surface area contributed by atoms with Crippen LogP contribution in [0.5, 0.6) is 17.2 Å². The number of hydrogen-bond donors (Lipinski definition) is 8. The smallest absolute Gasteiger partial charge is 0.413 e. The molecule has 2 unspecified atom stereocenters. The van der Waals surface area contributed by atoms with E-state index < -0.39 is 92.6 Å². The van der Waals surface area contributed by atoms with E-state index in [1.54, 1.807) is 74.5 Å². The van der Waals surface area contributed by atoms with E-state index in [-0.39, 0.29) is 63.8 Å². The van der Waals surface area contributed by atoms with E-state index in [1.807, 2.05) is 206 Å². The Morgan fingerprint density at radius 1 is 0.300 bits per heavy atom. The molecule has 7 aromatic carbocycles. The van der Waals surface area contributed by atoms with Crippen LogP contribution in [-0.2, 0) is 77.3 Å². The number of carbonyl (C=O) groups excluding carboxylic acids is 6. The van der Waals surface area contributed by atoms with Gasteiger partial charge in [-0.25, -0.2) is 28.8 Å². The minimum Gasteiger partial charge on any atom is -0.481 e. The number of carbonyl (C=O) groups is 8. The number of hydrogen-bond acceptors (Lipinski definition) is 16. The quantitative estimate of drug-likeness (QED) is 0.0134. The van der Waals surface area contributed by atoms with Gasteiger partial charge in [-0.1, -0.05) is 160 Å². The second-order valence-electron chi connectivity index (χ2n) is 30.9. The molecule has 0 aromatic heterocycles. The lowest BCUT2D eigenvalue weighted by atomic mass is 9.73. The minimum atomic E-state index is -0.982. The molecular formula is C86H108N6O18. The maximum absolute atomic E-state index is 13.6. The molecule has 590 valence electrons. The van der Waals surface area contributed by atoms with Crippen LogP contribution in [0, 0.1) is 6.92 Å². The number of amides is 6. The molecule has 0 aliphatic carbocycles. The van der Waals surface area contributed by atoms with Gasteiger partial charge >= 0.3 is 48.5 Å². The van der Waals surface area contributed by atoms with Crippen molar-refractivity contribution in [3.8, 4) is 17.2 Å². The average Bonchev–Trinajstić information content (AvgIpc) is 0.812. The van der Waals surface area contributed by atoms with Crippen molar-refractivity contribution in [2.75, 3.05) is 46.2 Å². The highest BCUT2D eigenvalue weighted by Gasteiger charge is 2.36. The number of aliphatic carboxylic acids is 2. The average molecular weight is 1510 g/mol. The fourth-order valence-corrected chi connectivity index (χ4v) is 12.5. The molecule has 0 spiro atoms. The summed E-state index contributed by atoms with van der Waals surface area (Å²) in [6, 6.07) is 51.0. The van der Waals surface area contributed by atoms with Crippen LogP contribution in [0.4, 0.5) is 28.8 Å². The van der Waals surface area contributed by atoms with Crippen LogP contribution >= 0.6 is 0 Å². The molecule has 0 saturated heterocycles. The maximum atomic E-state index is 13.6. The van der Waals surface area contributed by atoms with Crippen LogP contribution in [-0.4, -0.2) is 105 Å². The van der Waals surface area contributed by atoms with Gasteiger partial charge in [0.15, 0.2) is 0 Å². The molecule has 8 N–H and O–H groups in total. The Labute approximate surface area is 645 Å². The first kappa shape index (κ1) is 86.3. The third kappa shape index (κ3) is 24.8. The molecule has 0 aliphatic rings. The number of carboxylic acids is 2. The molecule has 24 heteroatoms. The SMILES string of the molecule is CCCOCCOC(=O)NC(C)(C)c1cccc(C(C)(C)NC(=O)Oc2ccc(C(C)(CCC(=O)O)c3ccc(OC(=O)NC(C)(C)c4cccc(C(C)(C)NC(=O)OCCOCCOC(=O)NC(C)(C)c5cccc(C(C)(C)NC(=O)Oc6ccc(C(C)(CCC(=O)O)c7ccc(C)cc7)cc6)c5)c4)cc3)cc2)c1. The van der Waals surface area contributed by atoms with Crippen LogP contribution in [0.15, 0.2) is 170 Å². The molecule has 6 amide bonds. The van der Waals surface area contributed by atoms with Crippen LogP contribution < -0.4 is 46.1 Å². The van der Waals surface area contributed by atoms with E-state index in [9.17, 15) is 48.6 Å². The van der Waals surface area contributed by atoms with E-state index in [0.717, 1.165) is 56.5 Å². The summed E-state index contributed by atoms with van der Waals surface area (Å²) in [6.07, 6.45) is -2.85. The van der Waals surface area contributed by atoms with Crippen LogP contribution in [0.2, 0.25) is 0 Å². The van der Waals surface area contributed by atoms with Gasteiger partial charge in [0, 0.05) is 30.3 Å². The van der Waals surface area contributed by atoms with Crippen molar-refractivity contribution in [1.82, 2.24) is 31.9 Å². The van der Waals surface area contributed by atoms with E-state index in [2.05, 4.69) is 31.9 Å². The van der Waals surface area contributed by atoms with Crippen molar-refractivity contribution in [3.05, 3.63) is 231 Å². The lowest BCUT2D eigenvalue weighted by molar-refractivity contribution is -0.138. The number of rotatable bonds is 36. The molecule has 0 fully saturated rings. The number of nitrogens with one attached hydrogen (secondary N) is 6. The predicted octanol–water partition coefficient (Wildman–Crippen LogP) is 16.4. The third-order valence-corrected chi connectivity index (χ3v) is 19.6. The van der Waals surface area contributed by atoms with Gasteiger partial charge in [-0.2, -0.15) is 0 Å². The first-order chi connectivity index (χ1) is 51.6. The Bertz CT molecular complexity index is 4310. The zero-order chi connectivity index (χ0) is 80.9. The monoisotopic (exact) mass is 1510 g/mol. The maximum Gasteiger partial charge on any atom is 0.413 e.